The van der Waals surface area contributed by atoms with Gasteiger partial charge in [0.2, 0.25) is 0 Å². The number of rotatable bonds is 6. The lowest BCUT2D eigenvalue weighted by molar-refractivity contribution is 0.239. The number of hydrogen-bond donors (Lipinski definition) is 2. The fourth-order valence-electron chi connectivity index (χ4n) is 1.95. The van der Waals surface area contributed by atoms with Crippen molar-refractivity contribution in [1.82, 2.24) is 0 Å². The standard InChI is InChI=1S/C14H24N2O/c1-4-12-8-13(6-7-14(12)15)16(5-2)9-11(3)10-17/h6-8,11,17H,4-5,9-10,15H2,1-3H3. The lowest BCUT2D eigenvalue weighted by atomic mass is 10.1. The molecule has 0 radical (unpaired) electrons. The fourth-order valence-corrected chi connectivity index (χ4v) is 1.95. The van der Waals surface area contributed by atoms with Gasteiger partial charge in [-0.05, 0) is 43.0 Å². The molecule has 0 aromatic heterocycles. The Kier molecular flexibility index (Phi) is 5.29. The van der Waals surface area contributed by atoms with Crippen LogP contribution < -0.4 is 10.6 Å². The van der Waals surface area contributed by atoms with Crippen LogP contribution in [0.2, 0.25) is 0 Å². The molecule has 0 spiro atoms. The van der Waals surface area contributed by atoms with Gasteiger partial charge in [0.15, 0.2) is 0 Å². The van der Waals surface area contributed by atoms with Crippen molar-refractivity contribution in [1.29, 1.82) is 0 Å². The third kappa shape index (κ3) is 3.63. The molecule has 17 heavy (non-hydrogen) atoms. The summed E-state index contributed by atoms with van der Waals surface area (Å²) in [6, 6.07) is 6.19. The summed E-state index contributed by atoms with van der Waals surface area (Å²) in [6.07, 6.45) is 0.951. The number of hydrogen-bond acceptors (Lipinski definition) is 3. The van der Waals surface area contributed by atoms with Crippen LogP contribution in [0.4, 0.5) is 11.4 Å². The van der Waals surface area contributed by atoms with E-state index in [9.17, 15) is 0 Å². The number of benzene rings is 1. The van der Waals surface area contributed by atoms with Crippen molar-refractivity contribution < 1.29 is 5.11 Å². The molecule has 0 bridgehead atoms. The van der Waals surface area contributed by atoms with Gasteiger partial charge in [0.1, 0.15) is 0 Å². The van der Waals surface area contributed by atoms with Crippen LogP contribution in [0.25, 0.3) is 0 Å². The summed E-state index contributed by atoms with van der Waals surface area (Å²) in [5, 5.41) is 9.12. The zero-order valence-corrected chi connectivity index (χ0v) is 11.1. The minimum atomic E-state index is 0.228. The van der Waals surface area contributed by atoms with E-state index in [-0.39, 0.29) is 12.5 Å². The third-order valence-corrected chi connectivity index (χ3v) is 3.10. The van der Waals surface area contributed by atoms with Crippen molar-refractivity contribution in [3.63, 3.8) is 0 Å². The van der Waals surface area contributed by atoms with Crippen molar-refractivity contribution >= 4 is 11.4 Å². The molecule has 1 aromatic carbocycles. The maximum atomic E-state index is 9.12. The van der Waals surface area contributed by atoms with Gasteiger partial charge in [-0.1, -0.05) is 13.8 Å². The molecule has 0 heterocycles. The number of anilines is 2. The van der Waals surface area contributed by atoms with Gasteiger partial charge in [-0.3, -0.25) is 0 Å². The van der Waals surface area contributed by atoms with E-state index >= 15 is 0 Å². The van der Waals surface area contributed by atoms with E-state index in [0.29, 0.717) is 0 Å². The molecule has 1 aromatic rings. The molecule has 1 atom stereocenters. The molecule has 3 N–H and O–H groups in total. The van der Waals surface area contributed by atoms with E-state index in [0.717, 1.165) is 25.2 Å². The van der Waals surface area contributed by atoms with Crippen LogP contribution >= 0.6 is 0 Å². The first kappa shape index (κ1) is 13.8. The quantitative estimate of drug-likeness (QED) is 0.745. The highest BCUT2D eigenvalue weighted by Crippen LogP contribution is 2.22. The first-order valence-electron chi connectivity index (χ1n) is 6.36. The molecule has 0 aliphatic heterocycles. The van der Waals surface area contributed by atoms with Crippen LogP contribution in [-0.2, 0) is 6.42 Å². The Labute approximate surface area is 104 Å². The van der Waals surface area contributed by atoms with E-state index < -0.39 is 0 Å². The molecule has 96 valence electrons. The van der Waals surface area contributed by atoms with Crippen LogP contribution in [-0.4, -0.2) is 24.8 Å². The SMILES string of the molecule is CCc1cc(N(CC)CC(C)CO)ccc1N. The average Bonchev–Trinajstić information content (AvgIpc) is 2.36. The summed E-state index contributed by atoms with van der Waals surface area (Å²) in [7, 11) is 0. The Morgan fingerprint density at radius 2 is 2.06 bits per heavy atom. The van der Waals surface area contributed by atoms with Gasteiger partial charge in [0, 0.05) is 31.1 Å². The predicted molar refractivity (Wildman–Crippen MR) is 74.4 cm³/mol. The normalized spacial score (nSPS) is 12.5. The molecule has 1 unspecified atom stereocenters. The number of nitrogen functional groups attached to an aromatic ring is 1. The molecule has 0 aliphatic rings. The van der Waals surface area contributed by atoms with Crippen LogP contribution in [0.1, 0.15) is 26.3 Å². The molecular weight excluding hydrogens is 212 g/mol. The summed E-state index contributed by atoms with van der Waals surface area (Å²) < 4.78 is 0. The topological polar surface area (TPSA) is 49.5 Å². The number of nitrogens with two attached hydrogens (primary N) is 1. The van der Waals surface area contributed by atoms with Crippen LogP contribution in [0.3, 0.4) is 0 Å². The largest absolute Gasteiger partial charge is 0.399 e. The second kappa shape index (κ2) is 6.50. The van der Waals surface area contributed by atoms with Crippen LogP contribution in [0, 0.1) is 5.92 Å². The Morgan fingerprint density at radius 1 is 1.35 bits per heavy atom. The molecule has 0 fully saturated rings. The second-order valence-corrected chi connectivity index (χ2v) is 4.56. The van der Waals surface area contributed by atoms with Gasteiger partial charge >= 0.3 is 0 Å². The van der Waals surface area contributed by atoms with Gasteiger partial charge < -0.3 is 15.7 Å². The Bertz CT molecular complexity index is 352. The highest BCUT2D eigenvalue weighted by atomic mass is 16.3. The van der Waals surface area contributed by atoms with E-state index in [1.54, 1.807) is 0 Å². The molecule has 0 amide bonds. The van der Waals surface area contributed by atoms with Crippen molar-refractivity contribution in [2.75, 3.05) is 30.3 Å². The van der Waals surface area contributed by atoms with Gasteiger partial charge in [-0.15, -0.1) is 0 Å². The molecule has 3 nitrogen and oxygen atoms in total. The first-order chi connectivity index (χ1) is 8.12. The molecule has 0 aliphatic carbocycles. The first-order valence-corrected chi connectivity index (χ1v) is 6.36. The predicted octanol–water partition coefficient (Wildman–Crippen LogP) is 2.29. The number of nitrogens with zero attached hydrogens (tertiary/aromatic N) is 1. The third-order valence-electron chi connectivity index (χ3n) is 3.10. The molecule has 3 heteroatoms. The maximum Gasteiger partial charge on any atom is 0.0473 e. The molecule has 1 rings (SSSR count). The van der Waals surface area contributed by atoms with Crippen LogP contribution in [0.5, 0.6) is 0 Å². The molecule has 0 saturated carbocycles. The van der Waals surface area contributed by atoms with Crippen LogP contribution in [0.15, 0.2) is 18.2 Å². The van der Waals surface area contributed by atoms with Crippen molar-refractivity contribution in [3.05, 3.63) is 23.8 Å². The minimum absolute atomic E-state index is 0.228. The van der Waals surface area contributed by atoms with Gasteiger partial charge in [-0.25, -0.2) is 0 Å². The highest BCUT2D eigenvalue weighted by Gasteiger charge is 2.10. The summed E-state index contributed by atoms with van der Waals surface area (Å²) in [5.74, 6) is 0.289. The summed E-state index contributed by atoms with van der Waals surface area (Å²) in [6.45, 7) is 8.35. The molecule has 0 saturated heterocycles. The summed E-state index contributed by atoms with van der Waals surface area (Å²) in [4.78, 5) is 2.28. The van der Waals surface area contributed by atoms with Crippen molar-refractivity contribution in [2.45, 2.75) is 27.2 Å². The Morgan fingerprint density at radius 3 is 2.59 bits per heavy atom. The fraction of sp³-hybridized carbons (Fsp3) is 0.571. The maximum absolute atomic E-state index is 9.12. The molecular formula is C14H24N2O. The minimum Gasteiger partial charge on any atom is -0.399 e. The summed E-state index contributed by atoms with van der Waals surface area (Å²) >= 11 is 0. The van der Waals surface area contributed by atoms with E-state index in [4.69, 9.17) is 10.8 Å². The highest BCUT2D eigenvalue weighted by molar-refractivity contribution is 5.58. The van der Waals surface area contributed by atoms with E-state index in [1.165, 1.54) is 11.3 Å². The lowest BCUT2D eigenvalue weighted by Crippen LogP contribution is -2.29. The van der Waals surface area contributed by atoms with Gasteiger partial charge in [-0.2, -0.15) is 0 Å². The average molecular weight is 236 g/mol. The smallest absolute Gasteiger partial charge is 0.0473 e. The summed E-state index contributed by atoms with van der Waals surface area (Å²) in [5.41, 5.74) is 9.16. The number of aliphatic hydroxyl groups excluding tert-OH is 1. The number of aliphatic hydroxyl groups is 1. The Hall–Kier alpha value is -1.22. The monoisotopic (exact) mass is 236 g/mol. The van der Waals surface area contributed by atoms with E-state index in [2.05, 4.69) is 37.8 Å². The van der Waals surface area contributed by atoms with Gasteiger partial charge in [0.05, 0.1) is 0 Å². The van der Waals surface area contributed by atoms with Gasteiger partial charge in [0.25, 0.3) is 0 Å². The van der Waals surface area contributed by atoms with Crippen molar-refractivity contribution in [3.8, 4) is 0 Å². The lowest BCUT2D eigenvalue weighted by Gasteiger charge is -2.26. The second-order valence-electron chi connectivity index (χ2n) is 4.56. The zero-order valence-electron chi connectivity index (χ0n) is 11.1. The zero-order chi connectivity index (χ0) is 12.8. The van der Waals surface area contributed by atoms with Crippen molar-refractivity contribution in [2.24, 2.45) is 5.92 Å². The van der Waals surface area contributed by atoms with E-state index in [1.807, 2.05) is 6.07 Å². The number of aryl methyl sites for hydroxylation is 1. The Balaban J connectivity index is 2.88.